The van der Waals surface area contributed by atoms with E-state index in [9.17, 15) is 4.79 Å². The van der Waals surface area contributed by atoms with Gasteiger partial charge in [0.1, 0.15) is 0 Å². The molecule has 0 bridgehead atoms. The van der Waals surface area contributed by atoms with Gasteiger partial charge in [0.25, 0.3) is 0 Å². The van der Waals surface area contributed by atoms with Gasteiger partial charge < -0.3 is 16.3 Å². The van der Waals surface area contributed by atoms with Crippen molar-refractivity contribution in [3.63, 3.8) is 0 Å². The van der Waals surface area contributed by atoms with E-state index in [1.54, 1.807) is 0 Å². The molecule has 0 spiro atoms. The quantitative estimate of drug-likeness (QED) is 0.268. The Hall–Kier alpha value is -1.26. The second-order valence-electron chi connectivity index (χ2n) is 5.33. The first-order valence-corrected chi connectivity index (χ1v) is 6.83. The summed E-state index contributed by atoms with van der Waals surface area (Å²) in [6, 6.07) is 0. The van der Waals surface area contributed by atoms with Gasteiger partial charge in [-0.1, -0.05) is 31.8 Å². The second-order valence-corrected chi connectivity index (χ2v) is 5.33. The normalized spacial score (nSPS) is 19.3. The van der Waals surface area contributed by atoms with Crippen LogP contribution in [0.4, 0.5) is 0 Å². The summed E-state index contributed by atoms with van der Waals surface area (Å²) in [5.74, 6) is -0.610. The Morgan fingerprint density at radius 3 is 2.56 bits per heavy atom. The number of nitrogens with two attached hydrogens (primary N) is 1. The van der Waals surface area contributed by atoms with Gasteiger partial charge in [-0.25, -0.2) is 0 Å². The monoisotopic (exact) mass is 255 g/mol. The van der Waals surface area contributed by atoms with Crippen LogP contribution in [0.5, 0.6) is 0 Å². The van der Waals surface area contributed by atoms with Gasteiger partial charge in [-0.3, -0.25) is 4.79 Å². The van der Waals surface area contributed by atoms with Gasteiger partial charge in [-0.05, 0) is 31.1 Å². The molecule has 0 aromatic rings. The van der Waals surface area contributed by atoms with Crippen molar-refractivity contribution in [2.75, 3.05) is 6.54 Å². The van der Waals surface area contributed by atoms with Crippen molar-refractivity contribution in [2.24, 2.45) is 22.2 Å². The summed E-state index contributed by atoms with van der Waals surface area (Å²) in [4.78, 5) is 12.0. The van der Waals surface area contributed by atoms with Gasteiger partial charge in [0.15, 0.2) is 5.84 Å². The Bertz CT molecular complexity index is 311. The molecule has 1 aliphatic rings. The van der Waals surface area contributed by atoms with Crippen LogP contribution in [0.3, 0.4) is 0 Å². The largest absolute Gasteiger partial charge is 0.409 e. The van der Waals surface area contributed by atoms with E-state index in [0.29, 0.717) is 11.8 Å². The highest BCUT2D eigenvalue weighted by atomic mass is 16.4. The van der Waals surface area contributed by atoms with E-state index < -0.39 is 5.92 Å². The van der Waals surface area contributed by atoms with Crippen LogP contribution < -0.4 is 11.1 Å². The molecule has 1 fully saturated rings. The average molecular weight is 255 g/mol. The first-order valence-electron chi connectivity index (χ1n) is 6.83. The molecule has 104 valence electrons. The number of rotatable bonds is 8. The van der Waals surface area contributed by atoms with Crippen LogP contribution >= 0.6 is 0 Å². The van der Waals surface area contributed by atoms with Crippen molar-refractivity contribution in [1.29, 1.82) is 0 Å². The molecule has 1 atom stereocenters. The van der Waals surface area contributed by atoms with E-state index in [2.05, 4.69) is 17.4 Å². The number of nitrogens with zero attached hydrogens (tertiary/aromatic N) is 1. The van der Waals surface area contributed by atoms with Crippen LogP contribution in [0.15, 0.2) is 5.16 Å². The summed E-state index contributed by atoms with van der Waals surface area (Å²) in [5.41, 5.74) is 5.88. The molecule has 5 nitrogen and oxygen atoms in total. The number of nitrogens with one attached hydrogen (secondary N) is 1. The van der Waals surface area contributed by atoms with Crippen molar-refractivity contribution >= 4 is 11.7 Å². The van der Waals surface area contributed by atoms with E-state index in [1.165, 1.54) is 12.8 Å². The van der Waals surface area contributed by atoms with Crippen LogP contribution in [-0.4, -0.2) is 23.5 Å². The molecule has 1 saturated carbocycles. The van der Waals surface area contributed by atoms with Gasteiger partial charge >= 0.3 is 0 Å². The highest BCUT2D eigenvalue weighted by Gasteiger charge is 2.41. The highest BCUT2D eigenvalue weighted by Crippen LogP contribution is 2.48. The molecule has 18 heavy (non-hydrogen) atoms. The fraction of sp³-hybridized carbons (Fsp3) is 0.846. The first kappa shape index (κ1) is 14.8. The Morgan fingerprint density at radius 1 is 1.44 bits per heavy atom. The molecule has 0 saturated heterocycles. The van der Waals surface area contributed by atoms with E-state index in [1.807, 2.05) is 6.92 Å². The number of amides is 1. The lowest BCUT2D eigenvalue weighted by molar-refractivity contribution is -0.123. The maximum atomic E-state index is 12.0. The third-order valence-electron chi connectivity index (χ3n) is 3.74. The number of oxime groups is 1. The van der Waals surface area contributed by atoms with E-state index in [4.69, 9.17) is 10.9 Å². The van der Waals surface area contributed by atoms with Crippen molar-refractivity contribution in [3.8, 4) is 0 Å². The average Bonchev–Trinajstić information content (AvgIpc) is 3.13. The van der Waals surface area contributed by atoms with E-state index >= 15 is 0 Å². The molecule has 1 unspecified atom stereocenters. The third kappa shape index (κ3) is 3.89. The summed E-state index contributed by atoms with van der Waals surface area (Å²) in [6.07, 6.45) is 6.15. The molecule has 0 aromatic heterocycles. The molecular weight excluding hydrogens is 230 g/mol. The maximum absolute atomic E-state index is 12.0. The zero-order valence-electron chi connectivity index (χ0n) is 11.4. The zero-order valence-corrected chi connectivity index (χ0v) is 11.4. The molecule has 5 heteroatoms. The van der Waals surface area contributed by atoms with Crippen molar-refractivity contribution in [2.45, 2.75) is 52.4 Å². The Kier molecular flexibility index (Phi) is 5.44. The smallest absolute Gasteiger partial charge is 0.230 e. The van der Waals surface area contributed by atoms with Crippen molar-refractivity contribution < 1.29 is 10.0 Å². The standard InChI is InChI=1S/C13H25N3O2/c1-3-5-10(11(14)16-18)12(17)15-9-13(6-4-2)7-8-13/h10,18H,3-9H2,1-2H3,(H2,14,16)(H,15,17). The first-order chi connectivity index (χ1) is 8.58. The molecular formula is C13H25N3O2. The fourth-order valence-corrected chi connectivity index (χ4v) is 2.39. The lowest BCUT2D eigenvalue weighted by Crippen LogP contribution is -2.41. The SMILES string of the molecule is CCCC(C(=O)NCC1(CCC)CC1)C(N)=NO. The third-order valence-corrected chi connectivity index (χ3v) is 3.74. The topological polar surface area (TPSA) is 87.7 Å². The minimum Gasteiger partial charge on any atom is -0.409 e. The number of amidine groups is 1. The van der Waals surface area contributed by atoms with Crippen molar-refractivity contribution in [3.05, 3.63) is 0 Å². The predicted molar refractivity (Wildman–Crippen MR) is 71.4 cm³/mol. The van der Waals surface area contributed by atoms with Crippen LogP contribution in [-0.2, 0) is 4.79 Å². The summed E-state index contributed by atoms with van der Waals surface area (Å²) in [7, 11) is 0. The lowest BCUT2D eigenvalue weighted by atomic mass is 9.98. The number of carbonyl (C=O) groups excluding carboxylic acids is 1. The Balaban J connectivity index is 2.47. The second kappa shape index (κ2) is 6.61. The van der Waals surface area contributed by atoms with Gasteiger partial charge in [0, 0.05) is 6.54 Å². The Morgan fingerprint density at radius 2 is 2.11 bits per heavy atom. The van der Waals surface area contributed by atoms with Gasteiger partial charge in [0.2, 0.25) is 5.91 Å². The van der Waals surface area contributed by atoms with Crippen LogP contribution in [0, 0.1) is 11.3 Å². The highest BCUT2D eigenvalue weighted by molar-refractivity contribution is 6.02. The number of hydrogen-bond acceptors (Lipinski definition) is 3. The minimum absolute atomic E-state index is 0.00897. The summed E-state index contributed by atoms with van der Waals surface area (Å²) in [6.45, 7) is 4.86. The lowest BCUT2D eigenvalue weighted by Gasteiger charge is -2.18. The fourth-order valence-electron chi connectivity index (χ4n) is 2.39. The summed E-state index contributed by atoms with van der Waals surface area (Å²) in [5, 5.41) is 14.6. The molecule has 1 aliphatic carbocycles. The zero-order chi connectivity index (χ0) is 13.6. The molecule has 0 aliphatic heterocycles. The molecule has 0 aromatic carbocycles. The minimum atomic E-state index is -0.502. The van der Waals surface area contributed by atoms with Crippen LogP contribution in [0.2, 0.25) is 0 Å². The molecule has 1 rings (SSSR count). The van der Waals surface area contributed by atoms with Gasteiger partial charge in [-0.15, -0.1) is 0 Å². The summed E-state index contributed by atoms with van der Waals surface area (Å²) < 4.78 is 0. The summed E-state index contributed by atoms with van der Waals surface area (Å²) >= 11 is 0. The van der Waals surface area contributed by atoms with E-state index in [0.717, 1.165) is 25.8 Å². The number of hydrogen-bond donors (Lipinski definition) is 3. The maximum Gasteiger partial charge on any atom is 0.230 e. The van der Waals surface area contributed by atoms with Crippen LogP contribution in [0.25, 0.3) is 0 Å². The Labute approximate surface area is 109 Å². The molecule has 0 radical (unpaired) electrons. The van der Waals surface area contributed by atoms with Gasteiger partial charge in [-0.2, -0.15) is 0 Å². The van der Waals surface area contributed by atoms with Crippen LogP contribution in [0.1, 0.15) is 52.4 Å². The van der Waals surface area contributed by atoms with E-state index in [-0.39, 0.29) is 11.7 Å². The molecule has 1 amide bonds. The van der Waals surface area contributed by atoms with Gasteiger partial charge in [0.05, 0.1) is 5.92 Å². The molecule has 4 N–H and O–H groups in total. The molecule has 0 heterocycles. The number of carbonyl (C=O) groups is 1. The predicted octanol–water partition coefficient (Wildman–Crippen LogP) is 1.85. The van der Waals surface area contributed by atoms with Crippen molar-refractivity contribution in [1.82, 2.24) is 5.32 Å².